The average Bonchev–Trinajstić information content (AvgIpc) is 3.39. The molecule has 1 saturated heterocycles. The topological polar surface area (TPSA) is 64.5 Å². The van der Waals surface area contributed by atoms with Gasteiger partial charge in [0.1, 0.15) is 16.9 Å². The summed E-state index contributed by atoms with van der Waals surface area (Å²) < 4.78 is 1.92. The fourth-order valence-corrected chi connectivity index (χ4v) is 5.97. The fourth-order valence-electron chi connectivity index (χ4n) is 4.53. The summed E-state index contributed by atoms with van der Waals surface area (Å²) >= 11 is 1.93. The van der Waals surface area contributed by atoms with Gasteiger partial charge in [-0.25, -0.2) is 9.50 Å². The maximum Gasteiger partial charge on any atom is 0.158 e. The molecule has 5 rings (SSSR count). The highest BCUT2D eigenvalue weighted by Gasteiger charge is 2.41. The third-order valence-corrected chi connectivity index (χ3v) is 7.59. The molecule has 2 N–H and O–H groups in total. The van der Waals surface area contributed by atoms with Gasteiger partial charge < -0.3 is 15.2 Å². The van der Waals surface area contributed by atoms with E-state index in [0.717, 1.165) is 25.3 Å². The lowest BCUT2D eigenvalue weighted by atomic mass is 10.0. The van der Waals surface area contributed by atoms with Crippen LogP contribution >= 0.6 is 11.8 Å². The van der Waals surface area contributed by atoms with Gasteiger partial charge in [0.2, 0.25) is 0 Å². The smallest absolute Gasteiger partial charge is 0.158 e. The Morgan fingerprint density at radius 2 is 2.07 bits per heavy atom. The predicted octanol–water partition coefficient (Wildman–Crippen LogP) is 3.62. The Hall–Kier alpha value is -2.03. The Balaban J connectivity index is 1.70. The molecule has 7 nitrogen and oxygen atoms in total. The van der Waals surface area contributed by atoms with Crippen molar-refractivity contribution in [1.82, 2.24) is 29.8 Å². The highest BCUT2D eigenvalue weighted by atomic mass is 32.2. The van der Waals surface area contributed by atoms with Gasteiger partial charge in [-0.1, -0.05) is 25.6 Å². The summed E-state index contributed by atoms with van der Waals surface area (Å²) in [7, 11) is 0. The molecule has 0 spiro atoms. The number of aromatic amines is 1. The van der Waals surface area contributed by atoms with Crippen molar-refractivity contribution in [3.63, 3.8) is 0 Å². The Kier molecular flexibility index (Phi) is 4.60. The lowest BCUT2D eigenvalue weighted by molar-refractivity contribution is 0.163. The number of anilines is 2. The largest absolute Gasteiger partial charge is 0.354 e. The number of aryl methyl sites for hydroxylation is 1. The van der Waals surface area contributed by atoms with Crippen LogP contribution in [-0.2, 0) is 0 Å². The van der Waals surface area contributed by atoms with Crippen molar-refractivity contribution < 1.29 is 0 Å². The number of hydrogen-bond donors (Lipinski definition) is 2. The lowest BCUT2D eigenvalue weighted by Gasteiger charge is -2.42. The van der Waals surface area contributed by atoms with Gasteiger partial charge in [-0.15, -0.1) is 0 Å². The molecule has 0 bridgehead atoms. The minimum Gasteiger partial charge on any atom is -0.354 e. The number of pyridine rings is 1. The molecule has 2 aliphatic heterocycles. The van der Waals surface area contributed by atoms with Crippen molar-refractivity contribution >= 4 is 28.8 Å². The van der Waals surface area contributed by atoms with E-state index in [9.17, 15) is 0 Å². The monoisotopic (exact) mass is 411 g/mol. The van der Waals surface area contributed by atoms with Gasteiger partial charge in [-0.05, 0) is 43.4 Å². The van der Waals surface area contributed by atoms with E-state index >= 15 is 0 Å². The highest BCUT2D eigenvalue weighted by Crippen LogP contribution is 2.52. The van der Waals surface area contributed by atoms with Crippen LogP contribution in [0.5, 0.6) is 0 Å². The summed E-state index contributed by atoms with van der Waals surface area (Å²) in [5.41, 5.74) is 7.52. The molecule has 8 heteroatoms. The van der Waals surface area contributed by atoms with Crippen LogP contribution in [0, 0.1) is 13.8 Å². The van der Waals surface area contributed by atoms with E-state index in [1.54, 1.807) is 6.33 Å². The maximum absolute atomic E-state index is 4.45. The number of aromatic nitrogens is 4. The van der Waals surface area contributed by atoms with Gasteiger partial charge in [0, 0.05) is 31.9 Å². The number of hydrogen-bond acceptors (Lipinski definition) is 6. The molecule has 2 aliphatic rings. The van der Waals surface area contributed by atoms with Crippen LogP contribution in [0.15, 0.2) is 23.7 Å². The molecule has 1 fully saturated rings. The first-order chi connectivity index (χ1) is 14.0. The minimum atomic E-state index is 0.228. The van der Waals surface area contributed by atoms with Crippen LogP contribution in [0.3, 0.4) is 0 Å². The summed E-state index contributed by atoms with van der Waals surface area (Å²) in [6.45, 7) is 14.3. The lowest BCUT2D eigenvalue weighted by Crippen LogP contribution is -2.56. The standard InChI is InChI=1S/C21H29N7S/c1-12(2)16-9-23-20-18(16)28(21(29-20)26-7-6-22-8-13(26)3)17-10-27-19(24-11-25-27)15(5)14(17)4/h9-13,21-23H,6-8H2,1-5H3. The number of nitrogens with zero attached hydrogens (tertiary/aromatic N) is 5. The van der Waals surface area contributed by atoms with Crippen molar-refractivity contribution in [1.29, 1.82) is 0 Å². The van der Waals surface area contributed by atoms with E-state index in [4.69, 9.17) is 0 Å². The normalized spacial score (nSPS) is 22.8. The van der Waals surface area contributed by atoms with Crippen molar-refractivity contribution in [3.05, 3.63) is 35.4 Å². The van der Waals surface area contributed by atoms with Gasteiger partial charge in [0.05, 0.1) is 17.6 Å². The van der Waals surface area contributed by atoms with Crippen molar-refractivity contribution in [2.45, 2.75) is 57.1 Å². The Bertz CT molecular complexity index is 1050. The Morgan fingerprint density at radius 3 is 2.83 bits per heavy atom. The molecule has 2 unspecified atom stereocenters. The van der Waals surface area contributed by atoms with E-state index in [2.05, 4.69) is 77.2 Å². The van der Waals surface area contributed by atoms with E-state index in [1.165, 1.54) is 33.1 Å². The molecule has 3 aromatic heterocycles. The second kappa shape index (κ2) is 7.04. The maximum atomic E-state index is 4.45. The minimum absolute atomic E-state index is 0.228. The molecular formula is C21H29N7S. The molecule has 0 saturated carbocycles. The van der Waals surface area contributed by atoms with Crippen LogP contribution in [0.4, 0.5) is 11.4 Å². The van der Waals surface area contributed by atoms with Crippen molar-refractivity contribution in [2.75, 3.05) is 24.5 Å². The predicted molar refractivity (Wildman–Crippen MR) is 118 cm³/mol. The van der Waals surface area contributed by atoms with Gasteiger partial charge in [-0.2, -0.15) is 5.10 Å². The zero-order chi connectivity index (χ0) is 20.3. The van der Waals surface area contributed by atoms with E-state index in [1.807, 2.05) is 16.3 Å². The molecular weight excluding hydrogens is 382 g/mol. The van der Waals surface area contributed by atoms with E-state index < -0.39 is 0 Å². The summed E-state index contributed by atoms with van der Waals surface area (Å²) in [5, 5.41) is 9.24. The van der Waals surface area contributed by atoms with Gasteiger partial charge >= 0.3 is 0 Å². The summed E-state index contributed by atoms with van der Waals surface area (Å²) in [6, 6.07) is 0.478. The zero-order valence-corrected chi connectivity index (χ0v) is 18.5. The summed E-state index contributed by atoms with van der Waals surface area (Å²) in [4.78, 5) is 13.2. The Morgan fingerprint density at radius 1 is 1.24 bits per heavy atom. The molecule has 0 radical (unpaired) electrons. The second-order valence-electron chi connectivity index (χ2n) is 8.47. The Labute approximate surface area is 175 Å². The van der Waals surface area contributed by atoms with Crippen LogP contribution < -0.4 is 10.2 Å². The molecule has 5 heterocycles. The molecule has 3 aromatic rings. The fraction of sp³-hybridized carbons (Fsp3) is 0.524. The summed E-state index contributed by atoms with van der Waals surface area (Å²) in [5.74, 6) is 0.453. The van der Waals surface area contributed by atoms with Crippen molar-refractivity contribution in [3.8, 4) is 0 Å². The quantitative estimate of drug-likeness (QED) is 0.686. The molecule has 0 aromatic carbocycles. The van der Waals surface area contributed by atoms with Crippen LogP contribution in [0.25, 0.3) is 5.65 Å². The van der Waals surface area contributed by atoms with Gasteiger partial charge in [0.25, 0.3) is 0 Å². The highest BCUT2D eigenvalue weighted by molar-refractivity contribution is 8.00. The third-order valence-electron chi connectivity index (χ3n) is 6.35. The molecule has 0 aliphatic carbocycles. The number of H-pyrrole nitrogens is 1. The number of rotatable bonds is 3. The molecule has 29 heavy (non-hydrogen) atoms. The number of nitrogens with one attached hydrogen (secondary N) is 2. The molecule has 0 amide bonds. The third kappa shape index (κ3) is 2.88. The van der Waals surface area contributed by atoms with Gasteiger partial charge in [0.15, 0.2) is 5.65 Å². The van der Waals surface area contributed by atoms with Crippen LogP contribution in [0.2, 0.25) is 0 Å². The summed E-state index contributed by atoms with van der Waals surface area (Å²) in [6.07, 6.45) is 5.97. The first-order valence-corrected chi connectivity index (χ1v) is 11.3. The first-order valence-electron chi connectivity index (χ1n) is 10.4. The van der Waals surface area contributed by atoms with Crippen LogP contribution in [-0.4, -0.2) is 55.7 Å². The van der Waals surface area contributed by atoms with Crippen molar-refractivity contribution in [2.24, 2.45) is 0 Å². The van der Waals surface area contributed by atoms with Crippen LogP contribution in [0.1, 0.15) is 43.4 Å². The average molecular weight is 412 g/mol. The van der Waals surface area contributed by atoms with E-state index in [0.29, 0.717) is 12.0 Å². The van der Waals surface area contributed by atoms with Gasteiger partial charge in [-0.3, -0.25) is 4.90 Å². The molecule has 154 valence electrons. The first kappa shape index (κ1) is 19.0. The molecule has 2 atom stereocenters. The number of fused-ring (bicyclic) bond motifs is 2. The SMILES string of the molecule is Cc1c(N2c3c(C(C)C)c[nH]c3SC2N2CCNCC2C)cn2ncnc2c1C. The van der Waals surface area contributed by atoms with E-state index in [-0.39, 0.29) is 5.50 Å². The second-order valence-corrected chi connectivity index (χ2v) is 9.54. The number of thioether (sulfide) groups is 1. The zero-order valence-electron chi connectivity index (χ0n) is 17.7. The number of piperazine rings is 1.